The van der Waals surface area contributed by atoms with Gasteiger partial charge < -0.3 is 20.1 Å². The van der Waals surface area contributed by atoms with Crippen LogP contribution in [0.25, 0.3) is 55.8 Å². The fourth-order valence-electron chi connectivity index (χ4n) is 6.21. The Morgan fingerprint density at radius 3 is 2.66 bits per heavy atom. The number of nitrogens with one attached hydrogen (secondary N) is 3. The number of nitrogens with zero attached hydrogens (tertiary/aromatic N) is 5. The summed E-state index contributed by atoms with van der Waals surface area (Å²) in [5.74, 6) is 0.642. The molecule has 1 unspecified atom stereocenters. The zero-order valence-electron chi connectivity index (χ0n) is 26.8. The molecule has 1 saturated heterocycles. The highest BCUT2D eigenvalue weighted by Crippen LogP contribution is 2.34. The fourth-order valence-corrected chi connectivity index (χ4v) is 6.21. The second-order valence-electron chi connectivity index (χ2n) is 13.4. The van der Waals surface area contributed by atoms with Gasteiger partial charge in [-0.1, -0.05) is 26.8 Å². The Hall–Kier alpha value is -4.87. The molecule has 242 valence electrons. The van der Waals surface area contributed by atoms with Crippen molar-refractivity contribution < 1.29 is 14.2 Å². The van der Waals surface area contributed by atoms with Crippen molar-refractivity contribution in [1.82, 2.24) is 35.0 Å². The number of hydrogen-bond donors (Lipinski definition) is 4. The lowest BCUT2D eigenvalue weighted by molar-refractivity contribution is 0.145. The quantitative estimate of drug-likeness (QED) is 0.119. The molecule has 10 nitrogen and oxygen atoms in total. The predicted octanol–water partition coefficient (Wildman–Crippen LogP) is 7.01. The van der Waals surface area contributed by atoms with E-state index in [9.17, 15) is 9.50 Å². The van der Waals surface area contributed by atoms with Gasteiger partial charge in [0.1, 0.15) is 35.6 Å². The number of hydrogen-bond acceptors (Lipinski definition) is 8. The molecule has 1 aliphatic heterocycles. The summed E-state index contributed by atoms with van der Waals surface area (Å²) in [5, 5.41) is 22.3. The summed E-state index contributed by atoms with van der Waals surface area (Å²) in [6.07, 6.45) is 7.54. The summed E-state index contributed by atoms with van der Waals surface area (Å²) in [6.45, 7) is 9.76. The maximum absolute atomic E-state index is 14.8. The Labute approximate surface area is 272 Å². The van der Waals surface area contributed by atoms with E-state index in [1.807, 2.05) is 36.4 Å². The number of anilines is 1. The third-order valence-corrected chi connectivity index (χ3v) is 8.42. The molecule has 0 saturated carbocycles. The average Bonchev–Trinajstić information content (AvgIpc) is 3.79. The van der Waals surface area contributed by atoms with E-state index in [1.54, 1.807) is 18.6 Å². The lowest BCUT2D eigenvalue weighted by Gasteiger charge is -2.23. The van der Waals surface area contributed by atoms with E-state index in [-0.39, 0.29) is 5.41 Å². The molecule has 1 atom stereocenters. The number of rotatable bonds is 10. The lowest BCUT2D eigenvalue weighted by atomic mass is 9.91. The summed E-state index contributed by atoms with van der Waals surface area (Å²) >= 11 is 0. The first-order chi connectivity index (χ1) is 22.7. The van der Waals surface area contributed by atoms with Crippen LogP contribution < -0.4 is 10.1 Å². The number of aliphatic hydroxyl groups is 1. The van der Waals surface area contributed by atoms with Crippen molar-refractivity contribution in [3.8, 4) is 39.7 Å². The summed E-state index contributed by atoms with van der Waals surface area (Å²) < 4.78 is 20.7. The molecule has 11 heteroatoms. The third kappa shape index (κ3) is 6.96. The van der Waals surface area contributed by atoms with Gasteiger partial charge in [0.15, 0.2) is 5.82 Å². The first-order valence-corrected chi connectivity index (χ1v) is 16.1. The van der Waals surface area contributed by atoms with Gasteiger partial charge in [0, 0.05) is 41.5 Å². The molecule has 0 radical (unpaired) electrons. The molecule has 0 aliphatic carbocycles. The molecule has 1 aliphatic rings. The first-order valence-electron chi connectivity index (χ1n) is 16.1. The highest BCUT2D eigenvalue weighted by atomic mass is 19.1. The van der Waals surface area contributed by atoms with Crippen LogP contribution in [0.2, 0.25) is 0 Å². The van der Waals surface area contributed by atoms with Crippen molar-refractivity contribution in [3.63, 3.8) is 0 Å². The van der Waals surface area contributed by atoms with E-state index in [0.29, 0.717) is 47.1 Å². The third-order valence-electron chi connectivity index (χ3n) is 8.42. The number of H-pyrrole nitrogens is 2. The number of likely N-dealkylation sites (tertiary alicyclic amines) is 1. The number of aromatic nitrogens is 6. The molecular weight excluding hydrogens is 595 g/mol. The van der Waals surface area contributed by atoms with Crippen LogP contribution in [0.15, 0.2) is 67.1 Å². The van der Waals surface area contributed by atoms with Crippen molar-refractivity contribution in [3.05, 3.63) is 72.9 Å². The smallest absolute Gasteiger partial charge is 0.159 e. The average molecular weight is 635 g/mol. The van der Waals surface area contributed by atoms with E-state index in [1.165, 1.54) is 25.0 Å². The first kappa shape index (κ1) is 30.8. The zero-order chi connectivity index (χ0) is 32.5. The lowest BCUT2D eigenvalue weighted by Crippen LogP contribution is -2.25. The Bertz CT molecular complexity index is 2030. The Morgan fingerprint density at radius 2 is 1.83 bits per heavy atom. The van der Waals surface area contributed by atoms with Crippen molar-refractivity contribution in [1.29, 1.82) is 0 Å². The summed E-state index contributed by atoms with van der Waals surface area (Å²) in [4.78, 5) is 19.7. The number of fused-ring (bicyclic) bond motifs is 2. The number of aliphatic hydroxyl groups excluding tert-OH is 1. The van der Waals surface area contributed by atoms with Gasteiger partial charge in [0.05, 0.1) is 28.6 Å². The molecule has 1 fully saturated rings. The van der Waals surface area contributed by atoms with Crippen LogP contribution in [0.1, 0.15) is 40.0 Å². The van der Waals surface area contributed by atoms with Crippen molar-refractivity contribution in [2.24, 2.45) is 5.41 Å². The molecule has 0 amide bonds. The number of pyridine rings is 2. The van der Waals surface area contributed by atoms with Crippen LogP contribution in [-0.2, 0) is 0 Å². The second-order valence-corrected chi connectivity index (χ2v) is 13.4. The predicted molar refractivity (Wildman–Crippen MR) is 182 cm³/mol. The van der Waals surface area contributed by atoms with Gasteiger partial charge in [0.25, 0.3) is 0 Å². The number of aromatic amines is 2. The largest absolute Gasteiger partial charge is 0.492 e. The Balaban J connectivity index is 1.17. The van der Waals surface area contributed by atoms with E-state index in [0.717, 1.165) is 52.9 Å². The highest BCUT2D eigenvalue weighted by molar-refractivity contribution is 5.97. The molecular formula is C36H39FN8O2. The molecule has 47 heavy (non-hydrogen) atoms. The standard InChI is InChI=1S/C36H39FN8O2/c1-36(2,3)19-31(46)40-26-15-24(20-38-21-26)22-6-7-29-28(17-22)33(44-43-29)35-41-30-8-9-39-32(34(30)42-35)23-14-25(37)18-27(16-23)47-13-12-45-10-4-5-11-45/h6-9,14-18,20-21,31,40,46H,4-5,10-13,19H2,1-3H3,(H,41,42)(H,43,44). The molecule has 4 N–H and O–H groups in total. The molecule has 6 aromatic rings. The number of imidazole rings is 1. The minimum Gasteiger partial charge on any atom is -0.492 e. The molecule has 7 rings (SSSR count). The Kier molecular flexibility index (Phi) is 8.33. The SMILES string of the molecule is CC(C)(C)CC(O)Nc1cncc(-c2ccc3[nH]nc(-c4nc5c(-c6cc(F)cc(OCCN7CCCC7)c6)nccc5[nH]4)c3c2)c1. The van der Waals surface area contributed by atoms with E-state index in [2.05, 4.69) is 56.1 Å². The van der Waals surface area contributed by atoms with Crippen LogP contribution >= 0.6 is 0 Å². The minimum absolute atomic E-state index is 0.0187. The molecule has 4 aromatic heterocycles. The maximum atomic E-state index is 14.8. The Morgan fingerprint density at radius 1 is 0.979 bits per heavy atom. The highest BCUT2D eigenvalue weighted by Gasteiger charge is 2.19. The van der Waals surface area contributed by atoms with E-state index >= 15 is 0 Å². The van der Waals surface area contributed by atoms with Crippen LogP contribution in [-0.4, -0.2) is 72.6 Å². The number of ether oxygens (including phenoxy) is 1. The summed E-state index contributed by atoms with van der Waals surface area (Å²) in [5.41, 5.74) is 6.57. The van der Waals surface area contributed by atoms with Gasteiger partial charge in [-0.3, -0.25) is 20.0 Å². The van der Waals surface area contributed by atoms with Gasteiger partial charge in [-0.25, -0.2) is 9.37 Å². The van der Waals surface area contributed by atoms with Crippen molar-refractivity contribution in [2.45, 2.75) is 46.3 Å². The number of halogens is 1. The number of benzene rings is 2. The van der Waals surface area contributed by atoms with Gasteiger partial charge in [-0.15, -0.1) is 0 Å². The van der Waals surface area contributed by atoms with E-state index in [4.69, 9.17) is 9.72 Å². The van der Waals surface area contributed by atoms with Crippen LogP contribution in [0, 0.1) is 11.2 Å². The normalized spacial score (nSPS) is 14.7. The molecule has 0 bridgehead atoms. The summed E-state index contributed by atoms with van der Waals surface area (Å²) in [6, 6.07) is 14.5. The molecule has 2 aromatic carbocycles. The van der Waals surface area contributed by atoms with Crippen LogP contribution in [0.3, 0.4) is 0 Å². The van der Waals surface area contributed by atoms with Gasteiger partial charge in [0.2, 0.25) is 0 Å². The maximum Gasteiger partial charge on any atom is 0.159 e. The fraction of sp³-hybridized carbons (Fsp3) is 0.333. The minimum atomic E-state index is -0.686. The zero-order valence-corrected chi connectivity index (χ0v) is 26.8. The monoisotopic (exact) mass is 634 g/mol. The topological polar surface area (TPSA) is 128 Å². The van der Waals surface area contributed by atoms with Gasteiger partial charge >= 0.3 is 0 Å². The molecule has 0 spiro atoms. The van der Waals surface area contributed by atoms with Crippen molar-refractivity contribution >= 4 is 27.6 Å². The van der Waals surface area contributed by atoms with Crippen LogP contribution in [0.5, 0.6) is 5.75 Å². The van der Waals surface area contributed by atoms with Gasteiger partial charge in [-0.05, 0) is 79.7 Å². The molecule has 5 heterocycles. The van der Waals surface area contributed by atoms with Crippen LogP contribution in [0.4, 0.5) is 10.1 Å². The van der Waals surface area contributed by atoms with Crippen molar-refractivity contribution in [2.75, 3.05) is 31.6 Å². The second kappa shape index (κ2) is 12.7. The van der Waals surface area contributed by atoms with Gasteiger partial charge in [-0.2, -0.15) is 5.10 Å². The van der Waals surface area contributed by atoms with E-state index < -0.39 is 12.0 Å². The summed E-state index contributed by atoms with van der Waals surface area (Å²) in [7, 11) is 0.